The minimum absolute atomic E-state index is 0.240. The number of nitriles is 1. The predicted octanol–water partition coefficient (Wildman–Crippen LogP) is 2.76. The maximum Gasteiger partial charge on any atom is 0.330 e. The van der Waals surface area contributed by atoms with Crippen LogP contribution in [0, 0.1) is 11.3 Å². The van der Waals surface area contributed by atoms with E-state index < -0.39 is 5.97 Å². The number of aromatic nitrogens is 1. The second kappa shape index (κ2) is 8.01. The molecule has 0 N–H and O–H groups in total. The van der Waals surface area contributed by atoms with Crippen LogP contribution in [0.4, 0.5) is 0 Å². The first-order chi connectivity index (χ1) is 10.8. The molecule has 0 aliphatic carbocycles. The molecule has 0 unspecified atom stereocenters. The molecule has 1 heterocycles. The molecule has 0 amide bonds. The molecular weight excluding hydrogens is 280 g/mol. The first kappa shape index (κ1) is 15.8. The second-order valence-electron chi connectivity index (χ2n) is 4.70. The monoisotopic (exact) mass is 298 g/mol. The topological polar surface area (TPSA) is 64.2 Å². The smallest absolute Gasteiger partial charge is 0.330 e. The Labute approximate surface area is 129 Å². The van der Waals surface area contributed by atoms with Crippen molar-refractivity contribution in [1.82, 2.24) is 4.57 Å². The van der Waals surface area contributed by atoms with Crippen LogP contribution in [-0.2, 0) is 20.8 Å². The van der Waals surface area contributed by atoms with Gasteiger partial charge in [-0.3, -0.25) is 0 Å². The zero-order valence-corrected chi connectivity index (χ0v) is 12.5. The summed E-state index contributed by atoms with van der Waals surface area (Å²) in [5.41, 5.74) is 1.97. The summed E-state index contributed by atoms with van der Waals surface area (Å²) in [7, 11) is 1.56. The normalized spacial score (nSPS) is 10.9. The van der Waals surface area contributed by atoms with Crippen LogP contribution in [0.3, 0.4) is 0 Å². The van der Waals surface area contributed by atoms with E-state index in [2.05, 4.69) is 6.07 Å². The lowest BCUT2D eigenvalue weighted by molar-refractivity contribution is -0.138. The quantitative estimate of drug-likeness (QED) is 0.448. The van der Waals surface area contributed by atoms with Gasteiger partial charge in [0.2, 0.25) is 0 Å². The van der Waals surface area contributed by atoms with E-state index in [9.17, 15) is 4.79 Å². The van der Waals surface area contributed by atoms with Gasteiger partial charge in [-0.1, -0.05) is 18.2 Å². The van der Waals surface area contributed by atoms with Crippen molar-refractivity contribution in [3.05, 3.63) is 42.1 Å². The number of nitrogens with zero attached hydrogens (tertiary/aromatic N) is 2. The number of rotatable bonds is 7. The average Bonchev–Trinajstić information content (AvgIpc) is 2.89. The van der Waals surface area contributed by atoms with Crippen molar-refractivity contribution in [2.24, 2.45) is 0 Å². The summed E-state index contributed by atoms with van der Waals surface area (Å²) in [6, 6.07) is 10.0. The van der Waals surface area contributed by atoms with Gasteiger partial charge in [0.1, 0.15) is 6.61 Å². The van der Waals surface area contributed by atoms with Gasteiger partial charge in [-0.15, -0.1) is 0 Å². The molecule has 0 atom stereocenters. The molecule has 2 rings (SSSR count). The number of carbonyl (C=O) groups excluding carboxylic acids is 1. The zero-order chi connectivity index (χ0) is 15.8. The van der Waals surface area contributed by atoms with Gasteiger partial charge in [-0.2, -0.15) is 5.26 Å². The standard InChI is InChI=1S/C17H18N2O3/c1-21-11-12-22-17(20)8-7-14-13-19(10-4-9-18)16-6-3-2-5-15(14)16/h2-3,5-8,13H,4,10-12H2,1H3. The number of methoxy groups -OCH3 is 1. The highest BCUT2D eigenvalue weighted by molar-refractivity contribution is 5.94. The molecule has 114 valence electrons. The summed E-state index contributed by atoms with van der Waals surface area (Å²) >= 11 is 0. The van der Waals surface area contributed by atoms with Gasteiger partial charge in [0, 0.05) is 42.4 Å². The fraction of sp³-hybridized carbons (Fsp3) is 0.294. The zero-order valence-electron chi connectivity index (χ0n) is 12.5. The van der Waals surface area contributed by atoms with Crippen molar-refractivity contribution in [3.8, 4) is 6.07 Å². The fourth-order valence-electron chi connectivity index (χ4n) is 2.19. The minimum Gasteiger partial charge on any atom is -0.460 e. The maximum absolute atomic E-state index is 11.6. The predicted molar refractivity (Wildman–Crippen MR) is 84.0 cm³/mol. The van der Waals surface area contributed by atoms with Crippen LogP contribution in [0.5, 0.6) is 0 Å². The van der Waals surface area contributed by atoms with Gasteiger partial charge in [0.25, 0.3) is 0 Å². The molecule has 0 spiro atoms. The largest absolute Gasteiger partial charge is 0.460 e. The number of ether oxygens (including phenoxy) is 2. The number of hydrogen-bond donors (Lipinski definition) is 0. The third-order valence-corrected chi connectivity index (χ3v) is 3.21. The molecule has 0 aliphatic heterocycles. The Morgan fingerprint density at radius 2 is 2.18 bits per heavy atom. The Balaban J connectivity index is 2.17. The molecule has 5 heteroatoms. The Hall–Kier alpha value is -2.58. The summed E-state index contributed by atoms with van der Waals surface area (Å²) in [5.74, 6) is -0.397. The highest BCUT2D eigenvalue weighted by Crippen LogP contribution is 2.22. The van der Waals surface area contributed by atoms with E-state index in [1.807, 2.05) is 35.0 Å². The van der Waals surface area contributed by atoms with E-state index in [0.717, 1.165) is 16.5 Å². The van der Waals surface area contributed by atoms with Crippen LogP contribution in [0.15, 0.2) is 36.5 Å². The van der Waals surface area contributed by atoms with Crippen molar-refractivity contribution in [2.75, 3.05) is 20.3 Å². The Kier molecular flexibility index (Phi) is 5.75. The number of para-hydroxylation sites is 1. The molecule has 22 heavy (non-hydrogen) atoms. The molecule has 1 aromatic heterocycles. The maximum atomic E-state index is 11.6. The number of fused-ring (bicyclic) bond motifs is 1. The summed E-state index contributed by atoms with van der Waals surface area (Å²) in [5, 5.41) is 9.78. The molecule has 2 aromatic rings. The van der Waals surface area contributed by atoms with E-state index in [0.29, 0.717) is 19.6 Å². The van der Waals surface area contributed by atoms with Crippen LogP contribution < -0.4 is 0 Å². The molecular formula is C17H18N2O3. The van der Waals surface area contributed by atoms with Crippen LogP contribution >= 0.6 is 0 Å². The third kappa shape index (κ3) is 3.96. The van der Waals surface area contributed by atoms with Crippen LogP contribution in [0.25, 0.3) is 17.0 Å². The molecule has 1 aromatic carbocycles. The first-order valence-electron chi connectivity index (χ1n) is 7.05. The van der Waals surface area contributed by atoms with Crippen molar-refractivity contribution >= 4 is 22.9 Å². The van der Waals surface area contributed by atoms with Crippen molar-refractivity contribution in [2.45, 2.75) is 13.0 Å². The van der Waals surface area contributed by atoms with Gasteiger partial charge < -0.3 is 14.0 Å². The van der Waals surface area contributed by atoms with E-state index in [4.69, 9.17) is 14.7 Å². The molecule has 0 saturated heterocycles. The summed E-state index contributed by atoms with van der Waals surface area (Å²) in [6.07, 6.45) is 5.54. The molecule has 0 aliphatic rings. The van der Waals surface area contributed by atoms with Gasteiger partial charge >= 0.3 is 5.97 Å². The molecule has 0 bridgehead atoms. The number of benzene rings is 1. The van der Waals surface area contributed by atoms with E-state index in [1.54, 1.807) is 13.2 Å². The summed E-state index contributed by atoms with van der Waals surface area (Å²) < 4.78 is 11.8. The Bertz CT molecular complexity index is 710. The van der Waals surface area contributed by atoms with Gasteiger partial charge in [0.05, 0.1) is 19.1 Å². The van der Waals surface area contributed by atoms with Gasteiger partial charge in [-0.05, 0) is 12.1 Å². The van der Waals surface area contributed by atoms with Crippen molar-refractivity contribution in [1.29, 1.82) is 5.26 Å². The van der Waals surface area contributed by atoms with Gasteiger partial charge in [-0.25, -0.2) is 4.79 Å². The lowest BCUT2D eigenvalue weighted by Gasteiger charge is -2.00. The van der Waals surface area contributed by atoms with Crippen molar-refractivity contribution < 1.29 is 14.3 Å². The number of esters is 1. The molecule has 0 saturated carbocycles. The Morgan fingerprint density at radius 3 is 2.95 bits per heavy atom. The van der Waals surface area contributed by atoms with E-state index in [1.165, 1.54) is 6.08 Å². The van der Waals surface area contributed by atoms with E-state index >= 15 is 0 Å². The summed E-state index contributed by atoms with van der Waals surface area (Å²) in [6.45, 7) is 1.25. The SMILES string of the molecule is COCCOC(=O)C=Cc1cn(CCC#N)c2ccccc12. The Morgan fingerprint density at radius 1 is 1.36 bits per heavy atom. The van der Waals surface area contributed by atoms with Crippen molar-refractivity contribution in [3.63, 3.8) is 0 Å². The number of aryl methyl sites for hydroxylation is 1. The van der Waals surface area contributed by atoms with Crippen LogP contribution in [0.1, 0.15) is 12.0 Å². The molecule has 5 nitrogen and oxygen atoms in total. The number of hydrogen-bond acceptors (Lipinski definition) is 4. The highest BCUT2D eigenvalue weighted by atomic mass is 16.6. The molecule has 0 radical (unpaired) electrons. The van der Waals surface area contributed by atoms with Crippen LogP contribution in [0.2, 0.25) is 0 Å². The first-order valence-corrected chi connectivity index (χ1v) is 7.05. The summed E-state index contributed by atoms with van der Waals surface area (Å²) in [4.78, 5) is 11.6. The average molecular weight is 298 g/mol. The lowest BCUT2D eigenvalue weighted by atomic mass is 10.1. The molecule has 0 fully saturated rings. The van der Waals surface area contributed by atoms with E-state index in [-0.39, 0.29) is 6.61 Å². The minimum atomic E-state index is -0.397. The third-order valence-electron chi connectivity index (χ3n) is 3.21. The van der Waals surface area contributed by atoms with Gasteiger partial charge in [0.15, 0.2) is 0 Å². The fourth-order valence-corrected chi connectivity index (χ4v) is 2.19. The second-order valence-corrected chi connectivity index (χ2v) is 4.70. The lowest BCUT2D eigenvalue weighted by Crippen LogP contribution is -2.06. The van der Waals surface area contributed by atoms with Crippen LogP contribution in [-0.4, -0.2) is 30.9 Å². The number of carbonyl (C=O) groups is 1. The highest BCUT2D eigenvalue weighted by Gasteiger charge is 2.06.